The molecule has 344 valence electrons. The van der Waals surface area contributed by atoms with Crippen LogP contribution in [0.2, 0.25) is 0 Å². The predicted molar refractivity (Wildman–Crippen MR) is 222 cm³/mol. The van der Waals surface area contributed by atoms with Crippen molar-refractivity contribution in [3.8, 4) is 0 Å². The number of hydrogen-bond donors (Lipinski definition) is 5. The first-order chi connectivity index (χ1) is 29.5. The van der Waals surface area contributed by atoms with Crippen LogP contribution in [-0.4, -0.2) is 99.8 Å². The SMILES string of the molecule is O=[N+]([O-])[O-].O=[N+]([O-])[O-].O=[N+]([O-])[O-].O=[N+]([O-])[O-].OC(CN(Cc1nc2ccccc2[nH]1)Cc1nc2ccccc2[nH]1)CN(Cc1nc2ccccc2[nH]1)Cc1nc2ccccc2[nH]1.[Fe+3].[Fe+3].[OH-]. The molecule has 2 radical (unpaired) electrons. The molecule has 65 heavy (non-hydrogen) atoms. The molecule has 8 rings (SSSR count). The second-order valence-electron chi connectivity index (χ2n) is 12.7. The molecule has 30 heteroatoms. The first-order valence-corrected chi connectivity index (χ1v) is 17.7. The van der Waals surface area contributed by atoms with E-state index in [1.807, 2.05) is 97.1 Å². The maximum atomic E-state index is 11.7. The van der Waals surface area contributed by atoms with Crippen molar-refractivity contribution in [2.75, 3.05) is 13.1 Å². The molecule has 0 aliphatic carbocycles. The molecule has 4 aromatic heterocycles. The molecule has 0 saturated carbocycles. The average Bonchev–Trinajstić information content (AvgIpc) is 3.97. The van der Waals surface area contributed by atoms with Crippen LogP contribution >= 0.6 is 0 Å². The van der Waals surface area contributed by atoms with Crippen molar-refractivity contribution in [3.63, 3.8) is 0 Å². The molecule has 0 bridgehead atoms. The van der Waals surface area contributed by atoms with Crippen LogP contribution in [0, 0.1) is 61.3 Å². The van der Waals surface area contributed by atoms with E-state index < -0.39 is 26.5 Å². The van der Waals surface area contributed by atoms with E-state index in [9.17, 15) is 5.11 Å². The van der Waals surface area contributed by atoms with Crippen LogP contribution in [-0.2, 0) is 60.3 Å². The second-order valence-corrected chi connectivity index (χ2v) is 12.7. The van der Waals surface area contributed by atoms with Gasteiger partial charge in [0.05, 0.1) is 96.8 Å². The van der Waals surface area contributed by atoms with Crippen LogP contribution in [0.25, 0.3) is 44.1 Å². The van der Waals surface area contributed by atoms with E-state index in [0.29, 0.717) is 39.3 Å². The van der Waals surface area contributed by atoms with Crippen molar-refractivity contribution < 1.29 is 65.1 Å². The molecule has 28 nitrogen and oxygen atoms in total. The summed E-state index contributed by atoms with van der Waals surface area (Å²) >= 11 is 0. The first kappa shape index (κ1) is 55.5. The van der Waals surface area contributed by atoms with Gasteiger partial charge in [-0.25, -0.2) is 19.9 Å². The summed E-state index contributed by atoms with van der Waals surface area (Å²) in [5.74, 6) is 3.36. The van der Waals surface area contributed by atoms with Crippen LogP contribution in [0.1, 0.15) is 23.3 Å². The van der Waals surface area contributed by atoms with E-state index in [1.165, 1.54) is 0 Å². The van der Waals surface area contributed by atoms with Crippen molar-refractivity contribution in [2.24, 2.45) is 0 Å². The molecule has 0 aliphatic heterocycles. The van der Waals surface area contributed by atoms with Gasteiger partial charge in [-0.15, -0.1) is 0 Å². The van der Waals surface area contributed by atoms with Crippen LogP contribution in [0.3, 0.4) is 0 Å². The molecule has 6 N–H and O–H groups in total. The zero-order valence-corrected chi connectivity index (χ0v) is 35.2. The number of aliphatic hydroxyl groups is 1. The minimum absolute atomic E-state index is 0. The van der Waals surface area contributed by atoms with E-state index >= 15 is 0 Å². The smallest absolute Gasteiger partial charge is 0.870 e. The molecule has 4 aromatic carbocycles. The van der Waals surface area contributed by atoms with Gasteiger partial charge in [-0.1, -0.05) is 48.5 Å². The fourth-order valence-corrected chi connectivity index (χ4v) is 6.19. The number of aliphatic hydroxyl groups excluding tert-OH is 1. The van der Waals surface area contributed by atoms with Gasteiger partial charge in [-0.3, -0.25) is 9.80 Å². The van der Waals surface area contributed by atoms with Crippen LogP contribution < -0.4 is 0 Å². The number of para-hydroxylation sites is 8. The van der Waals surface area contributed by atoms with Crippen molar-refractivity contribution in [3.05, 3.63) is 182 Å². The summed E-state index contributed by atoms with van der Waals surface area (Å²) in [5.41, 5.74) is 7.65. The number of hydrogen-bond acceptors (Lipinski definition) is 20. The number of aromatic amines is 4. The van der Waals surface area contributed by atoms with Crippen molar-refractivity contribution in [1.29, 1.82) is 0 Å². The van der Waals surface area contributed by atoms with Gasteiger partial charge in [-0.05, 0) is 48.5 Å². The van der Waals surface area contributed by atoms with Gasteiger partial charge in [0.15, 0.2) is 0 Å². The zero-order chi connectivity index (χ0) is 45.2. The number of nitrogens with zero attached hydrogens (tertiary/aromatic N) is 10. The molecule has 0 unspecified atom stereocenters. The second kappa shape index (κ2) is 27.5. The summed E-state index contributed by atoms with van der Waals surface area (Å²) in [5, 5.41) is 70.7. The Kier molecular flexibility index (Phi) is 23.5. The standard InChI is InChI=1S/C35H34N10O.2Fe.4NO3.H2O/c46-23(17-44(19-32-36-24-9-1-2-10-25(24)37-32)20-33-38-26-11-3-4-12-27(26)39-33)18-45(21-34-40-28-13-5-6-14-29(28)41-34)22-35-42-30-15-7-8-16-31(30)43-35;;;4*2-1(3)4;/h1-16,23,46H,17-22H2,(H,36,37)(H,38,39)(H,40,41)(H,42,43);;;;;;;1H2/q;2*+3;4*-1;/p-1. The normalized spacial score (nSPS) is 10.2. The summed E-state index contributed by atoms with van der Waals surface area (Å²) in [6, 6.07) is 32.1. The van der Waals surface area contributed by atoms with E-state index in [0.717, 1.165) is 67.4 Å². The van der Waals surface area contributed by atoms with E-state index in [1.54, 1.807) is 0 Å². The largest absolute Gasteiger partial charge is 3.00 e. The number of fused-ring (bicyclic) bond motifs is 4. The summed E-state index contributed by atoms with van der Waals surface area (Å²) < 4.78 is 0. The Morgan fingerprint density at radius 2 is 0.615 bits per heavy atom. The van der Waals surface area contributed by atoms with Gasteiger partial charge >= 0.3 is 34.1 Å². The third kappa shape index (κ3) is 19.6. The van der Waals surface area contributed by atoms with Crippen LogP contribution in [0.5, 0.6) is 0 Å². The summed E-state index contributed by atoms with van der Waals surface area (Å²) in [7, 11) is 0. The van der Waals surface area contributed by atoms with E-state index in [-0.39, 0.29) is 39.6 Å². The number of nitrogens with one attached hydrogen (secondary N) is 4. The Morgan fingerprint density at radius 1 is 0.431 bits per heavy atom. The minimum atomic E-state index is -1.75. The third-order valence-corrected chi connectivity index (χ3v) is 8.19. The Balaban J connectivity index is 0.000000971. The van der Waals surface area contributed by atoms with Gasteiger partial charge in [0.25, 0.3) is 0 Å². The van der Waals surface area contributed by atoms with Crippen molar-refractivity contribution in [1.82, 2.24) is 49.7 Å². The monoisotopic (exact) mass is 987 g/mol. The fourth-order valence-electron chi connectivity index (χ4n) is 6.19. The average molecular weight is 987 g/mol. The summed E-state index contributed by atoms with van der Waals surface area (Å²) in [4.78, 5) is 70.4. The third-order valence-electron chi connectivity index (χ3n) is 8.19. The maximum absolute atomic E-state index is 11.7. The molecule has 0 saturated heterocycles. The Labute approximate surface area is 384 Å². The number of rotatable bonds is 12. The molecule has 0 fully saturated rings. The number of imidazole rings is 4. The summed E-state index contributed by atoms with van der Waals surface area (Å²) in [6.07, 6.45) is -0.678. The molecular formula is C35H35Fe2N14O14+. The van der Waals surface area contributed by atoms with Crippen LogP contribution in [0.15, 0.2) is 97.1 Å². The first-order valence-electron chi connectivity index (χ1n) is 17.7. The minimum Gasteiger partial charge on any atom is -0.870 e. The maximum Gasteiger partial charge on any atom is 3.00 e. The fraction of sp³-hybridized carbons (Fsp3) is 0.200. The van der Waals surface area contributed by atoms with Crippen molar-refractivity contribution >= 4 is 44.1 Å². The Hall–Kier alpha value is -7.56. The summed E-state index contributed by atoms with van der Waals surface area (Å²) in [6.45, 7) is 2.91. The Morgan fingerprint density at radius 3 is 0.800 bits per heavy atom. The predicted octanol–water partition coefficient (Wildman–Crippen LogP) is 4.12. The molecule has 8 aromatic rings. The molecular weight excluding hydrogens is 952 g/mol. The van der Waals surface area contributed by atoms with Gasteiger partial charge in [0, 0.05) is 13.1 Å². The Bertz CT molecular complexity index is 2210. The zero-order valence-electron chi connectivity index (χ0n) is 33.0. The van der Waals surface area contributed by atoms with E-state index in [2.05, 4.69) is 29.7 Å². The van der Waals surface area contributed by atoms with Gasteiger partial charge in [0.1, 0.15) is 23.3 Å². The molecule has 4 heterocycles. The number of benzene rings is 4. The number of aromatic nitrogens is 8. The number of H-pyrrole nitrogens is 4. The molecule has 0 atom stereocenters. The van der Waals surface area contributed by atoms with E-state index in [4.69, 9.17) is 81.2 Å². The van der Waals surface area contributed by atoms with Gasteiger partial charge < -0.3 is 91.8 Å². The topological polar surface area (TPSA) is 436 Å². The molecule has 0 aliphatic rings. The molecule has 0 amide bonds. The van der Waals surface area contributed by atoms with Crippen LogP contribution in [0.4, 0.5) is 0 Å². The van der Waals surface area contributed by atoms with Crippen molar-refractivity contribution in [2.45, 2.75) is 32.3 Å². The van der Waals surface area contributed by atoms with Gasteiger partial charge in [-0.2, -0.15) is 0 Å². The quantitative estimate of drug-likeness (QED) is 0.0652. The molecule has 0 spiro atoms. The van der Waals surface area contributed by atoms with Gasteiger partial charge in [0.2, 0.25) is 0 Å².